The van der Waals surface area contributed by atoms with Gasteiger partial charge in [0.2, 0.25) is 17.7 Å². The summed E-state index contributed by atoms with van der Waals surface area (Å²) in [5, 5.41) is 9.42. The number of nitrogens with one attached hydrogen (secondary N) is 3. The standard InChI is InChI=1S/C24H33N5O3S2/c1-24(2,3)18-14-26-21(32-18)16-33-22-15-27-23(34-22)29-20(31)9-7-5-4-6-8-19(30)28-17-10-12-25-13-11-17/h10-12,14-15,25H,4-9,13,16H2,1-3H3,(H,28,30)(H,27,29,31). The van der Waals surface area contributed by atoms with E-state index in [1.807, 2.05) is 18.4 Å². The molecule has 2 amide bonds. The Hall–Kier alpha value is -2.59. The first-order chi connectivity index (χ1) is 16.3. The Bertz CT molecular complexity index is 1020. The number of amides is 2. The average Bonchev–Trinajstić information content (AvgIpc) is 3.45. The van der Waals surface area contributed by atoms with Gasteiger partial charge in [0.25, 0.3) is 0 Å². The summed E-state index contributed by atoms with van der Waals surface area (Å²) in [6, 6.07) is 0. The SMILES string of the molecule is CC(C)(C)c1cnc(CSc2cnc(NC(=O)CCCCCCC(=O)NC3=CCNC=C3)s2)o1. The van der Waals surface area contributed by atoms with E-state index in [0.717, 1.165) is 47.9 Å². The lowest BCUT2D eigenvalue weighted by Crippen LogP contribution is -2.24. The lowest BCUT2D eigenvalue weighted by molar-refractivity contribution is -0.120. The van der Waals surface area contributed by atoms with Crippen LogP contribution in [0, 0.1) is 0 Å². The number of thiazole rings is 1. The molecule has 0 radical (unpaired) electrons. The van der Waals surface area contributed by atoms with E-state index in [1.54, 1.807) is 24.2 Å². The fraction of sp³-hybridized carbons (Fsp3) is 0.500. The minimum Gasteiger partial charge on any atom is -0.444 e. The van der Waals surface area contributed by atoms with Crippen LogP contribution in [-0.4, -0.2) is 28.3 Å². The van der Waals surface area contributed by atoms with Crippen LogP contribution >= 0.6 is 23.1 Å². The number of unbranched alkanes of at least 4 members (excludes halogenated alkanes) is 3. The van der Waals surface area contributed by atoms with Crippen LogP contribution < -0.4 is 16.0 Å². The van der Waals surface area contributed by atoms with Crippen molar-refractivity contribution in [1.82, 2.24) is 20.6 Å². The fourth-order valence-electron chi connectivity index (χ4n) is 3.12. The topological polar surface area (TPSA) is 109 Å². The number of anilines is 1. The molecule has 0 atom stereocenters. The van der Waals surface area contributed by atoms with Gasteiger partial charge in [0.1, 0.15) is 5.76 Å². The van der Waals surface area contributed by atoms with Crippen LogP contribution in [0.25, 0.3) is 0 Å². The quantitative estimate of drug-likeness (QED) is 0.272. The van der Waals surface area contributed by atoms with Crippen LogP contribution in [0.4, 0.5) is 5.13 Å². The van der Waals surface area contributed by atoms with Crippen molar-refractivity contribution in [3.63, 3.8) is 0 Å². The maximum atomic E-state index is 12.2. The molecule has 0 saturated heterocycles. The van der Waals surface area contributed by atoms with Crippen molar-refractivity contribution in [2.75, 3.05) is 11.9 Å². The molecule has 3 N–H and O–H groups in total. The molecular formula is C24H33N5O3S2. The van der Waals surface area contributed by atoms with Crippen molar-refractivity contribution in [2.45, 2.75) is 74.7 Å². The molecule has 8 nitrogen and oxygen atoms in total. The molecule has 0 saturated carbocycles. The second kappa shape index (κ2) is 12.8. The Kier molecular flexibility index (Phi) is 9.76. The van der Waals surface area contributed by atoms with Gasteiger partial charge in [-0.3, -0.25) is 9.59 Å². The van der Waals surface area contributed by atoms with E-state index >= 15 is 0 Å². The summed E-state index contributed by atoms with van der Waals surface area (Å²) in [6.45, 7) is 7.01. The van der Waals surface area contributed by atoms with E-state index < -0.39 is 0 Å². The van der Waals surface area contributed by atoms with Gasteiger partial charge < -0.3 is 20.4 Å². The monoisotopic (exact) mass is 503 g/mol. The molecule has 0 spiro atoms. The third kappa shape index (κ3) is 8.98. The molecule has 3 rings (SSSR count). The van der Waals surface area contributed by atoms with Crippen LogP contribution in [0.1, 0.15) is 70.9 Å². The molecule has 0 bridgehead atoms. The summed E-state index contributed by atoms with van der Waals surface area (Å²) < 4.78 is 6.81. The number of carbonyl (C=O) groups is 2. The summed E-state index contributed by atoms with van der Waals surface area (Å²) in [5.74, 6) is 2.18. The van der Waals surface area contributed by atoms with Crippen molar-refractivity contribution in [1.29, 1.82) is 0 Å². The zero-order chi connectivity index (χ0) is 24.4. The van der Waals surface area contributed by atoms with Gasteiger partial charge in [0.05, 0.1) is 22.4 Å². The molecule has 0 fully saturated rings. The minimum atomic E-state index is -0.0606. The van der Waals surface area contributed by atoms with Crippen LogP contribution in [0.2, 0.25) is 0 Å². The zero-order valence-corrected chi connectivity index (χ0v) is 21.6. The molecule has 0 aliphatic carbocycles. The number of oxazole rings is 1. The van der Waals surface area contributed by atoms with Crippen molar-refractivity contribution in [3.05, 3.63) is 48.1 Å². The van der Waals surface area contributed by atoms with Gasteiger partial charge in [-0.05, 0) is 31.2 Å². The van der Waals surface area contributed by atoms with E-state index in [0.29, 0.717) is 29.6 Å². The van der Waals surface area contributed by atoms with Gasteiger partial charge in [0.15, 0.2) is 5.13 Å². The Balaban J connectivity index is 1.26. The van der Waals surface area contributed by atoms with Gasteiger partial charge in [-0.25, -0.2) is 9.97 Å². The van der Waals surface area contributed by atoms with Crippen molar-refractivity contribution in [2.24, 2.45) is 0 Å². The fourth-order valence-corrected chi connectivity index (χ4v) is 4.86. The van der Waals surface area contributed by atoms with Gasteiger partial charge in [0, 0.05) is 30.5 Å². The zero-order valence-electron chi connectivity index (χ0n) is 20.0. The first-order valence-electron chi connectivity index (χ1n) is 11.5. The van der Waals surface area contributed by atoms with Gasteiger partial charge in [-0.1, -0.05) is 44.9 Å². The maximum absolute atomic E-state index is 12.2. The molecule has 2 aromatic heterocycles. The number of thioether (sulfide) groups is 1. The molecule has 1 aliphatic rings. The number of dihydropyridines is 1. The molecule has 10 heteroatoms. The maximum Gasteiger partial charge on any atom is 0.226 e. The van der Waals surface area contributed by atoms with E-state index in [9.17, 15) is 9.59 Å². The minimum absolute atomic E-state index is 0.0317. The van der Waals surface area contributed by atoms with Crippen molar-refractivity contribution in [3.8, 4) is 0 Å². The predicted molar refractivity (Wildman–Crippen MR) is 137 cm³/mol. The molecule has 2 aromatic rings. The molecule has 1 aliphatic heterocycles. The highest BCUT2D eigenvalue weighted by molar-refractivity contribution is 8.00. The predicted octanol–water partition coefficient (Wildman–Crippen LogP) is 5.12. The largest absolute Gasteiger partial charge is 0.444 e. The van der Waals surface area contributed by atoms with Crippen LogP contribution in [0.5, 0.6) is 0 Å². The summed E-state index contributed by atoms with van der Waals surface area (Å²) in [7, 11) is 0. The Morgan fingerprint density at radius 2 is 1.82 bits per heavy atom. The molecular weight excluding hydrogens is 470 g/mol. The Morgan fingerprint density at radius 1 is 1.09 bits per heavy atom. The third-order valence-electron chi connectivity index (χ3n) is 5.02. The first-order valence-corrected chi connectivity index (χ1v) is 13.3. The first kappa shape index (κ1) is 26.0. The van der Waals surface area contributed by atoms with Crippen LogP contribution in [-0.2, 0) is 20.8 Å². The highest BCUT2D eigenvalue weighted by Gasteiger charge is 2.19. The number of nitrogens with zero attached hydrogens (tertiary/aromatic N) is 2. The van der Waals surface area contributed by atoms with E-state index in [1.165, 1.54) is 11.3 Å². The number of hydrogen-bond acceptors (Lipinski definition) is 8. The molecule has 184 valence electrons. The lowest BCUT2D eigenvalue weighted by Gasteiger charge is -2.12. The average molecular weight is 504 g/mol. The van der Waals surface area contributed by atoms with Gasteiger partial charge in [-0.15, -0.1) is 11.8 Å². The number of carbonyl (C=O) groups excluding carboxylic acids is 2. The normalized spacial score (nSPS) is 13.3. The van der Waals surface area contributed by atoms with Crippen molar-refractivity contribution >= 4 is 40.0 Å². The number of allylic oxidation sites excluding steroid dienone is 1. The summed E-state index contributed by atoms with van der Waals surface area (Å²) in [6.07, 6.45) is 13.6. The van der Waals surface area contributed by atoms with Gasteiger partial charge in [-0.2, -0.15) is 0 Å². The smallest absolute Gasteiger partial charge is 0.226 e. The second-order valence-corrected chi connectivity index (χ2v) is 11.4. The molecule has 3 heterocycles. The summed E-state index contributed by atoms with van der Waals surface area (Å²) in [4.78, 5) is 32.8. The molecule has 0 aromatic carbocycles. The van der Waals surface area contributed by atoms with Gasteiger partial charge >= 0.3 is 0 Å². The highest BCUT2D eigenvalue weighted by atomic mass is 32.2. The molecule has 34 heavy (non-hydrogen) atoms. The van der Waals surface area contributed by atoms with E-state index in [-0.39, 0.29) is 17.2 Å². The lowest BCUT2D eigenvalue weighted by atomic mass is 9.94. The third-order valence-corrected chi connectivity index (χ3v) is 7.12. The highest BCUT2D eigenvalue weighted by Crippen LogP contribution is 2.31. The van der Waals surface area contributed by atoms with Crippen LogP contribution in [0.15, 0.2) is 45.1 Å². The Labute approximate surface area is 209 Å². The van der Waals surface area contributed by atoms with Crippen LogP contribution in [0.3, 0.4) is 0 Å². The number of hydrogen-bond donors (Lipinski definition) is 3. The van der Waals surface area contributed by atoms with E-state index in [4.69, 9.17) is 4.42 Å². The van der Waals surface area contributed by atoms with E-state index in [2.05, 4.69) is 46.7 Å². The Morgan fingerprint density at radius 3 is 2.47 bits per heavy atom. The second-order valence-electron chi connectivity index (χ2n) is 9.05. The molecule has 0 unspecified atom stereocenters. The van der Waals surface area contributed by atoms with Crippen molar-refractivity contribution < 1.29 is 14.0 Å². The summed E-state index contributed by atoms with van der Waals surface area (Å²) >= 11 is 3.04. The number of aromatic nitrogens is 2. The summed E-state index contributed by atoms with van der Waals surface area (Å²) in [5.41, 5.74) is 0.783. The number of rotatable bonds is 12.